The first-order valence-electron chi connectivity index (χ1n) is 6.20. The van der Waals surface area contributed by atoms with Gasteiger partial charge < -0.3 is 10.1 Å². The molecule has 1 aliphatic heterocycles. The SMILES string of the molecule is CC(Cc1ccsc1)NCCC1CCCO1. The van der Waals surface area contributed by atoms with Crippen LogP contribution in [0.5, 0.6) is 0 Å². The van der Waals surface area contributed by atoms with E-state index in [1.54, 1.807) is 11.3 Å². The molecule has 1 fully saturated rings. The van der Waals surface area contributed by atoms with Crippen molar-refractivity contribution in [3.63, 3.8) is 0 Å². The van der Waals surface area contributed by atoms with Crippen LogP contribution in [-0.4, -0.2) is 25.3 Å². The molecule has 2 atom stereocenters. The van der Waals surface area contributed by atoms with E-state index in [4.69, 9.17) is 4.74 Å². The minimum absolute atomic E-state index is 0.515. The zero-order valence-electron chi connectivity index (χ0n) is 9.95. The Kier molecular flexibility index (Phi) is 4.82. The van der Waals surface area contributed by atoms with Crippen molar-refractivity contribution in [3.8, 4) is 0 Å². The summed E-state index contributed by atoms with van der Waals surface area (Å²) in [6.45, 7) is 4.30. The summed E-state index contributed by atoms with van der Waals surface area (Å²) in [5.74, 6) is 0. The summed E-state index contributed by atoms with van der Waals surface area (Å²) in [5, 5.41) is 7.95. The molecule has 1 aromatic heterocycles. The maximum atomic E-state index is 5.60. The molecule has 2 nitrogen and oxygen atoms in total. The lowest BCUT2D eigenvalue weighted by molar-refractivity contribution is 0.103. The molecule has 2 heterocycles. The third-order valence-electron chi connectivity index (χ3n) is 3.11. The Morgan fingerprint density at radius 3 is 3.25 bits per heavy atom. The summed E-state index contributed by atoms with van der Waals surface area (Å²) < 4.78 is 5.60. The summed E-state index contributed by atoms with van der Waals surface area (Å²) in [5.41, 5.74) is 1.45. The summed E-state index contributed by atoms with van der Waals surface area (Å²) in [6, 6.07) is 2.78. The van der Waals surface area contributed by atoms with Crippen LogP contribution in [0.1, 0.15) is 31.7 Å². The van der Waals surface area contributed by atoms with Crippen LogP contribution in [0.15, 0.2) is 16.8 Å². The van der Waals surface area contributed by atoms with E-state index >= 15 is 0 Å². The molecule has 90 valence electrons. The van der Waals surface area contributed by atoms with Gasteiger partial charge in [0.05, 0.1) is 6.10 Å². The second-order valence-electron chi connectivity index (χ2n) is 4.61. The summed E-state index contributed by atoms with van der Waals surface area (Å²) >= 11 is 1.78. The van der Waals surface area contributed by atoms with Gasteiger partial charge in [-0.05, 0) is 61.5 Å². The molecule has 0 bridgehead atoms. The van der Waals surface area contributed by atoms with Gasteiger partial charge in [-0.2, -0.15) is 11.3 Å². The van der Waals surface area contributed by atoms with Crippen molar-refractivity contribution in [3.05, 3.63) is 22.4 Å². The van der Waals surface area contributed by atoms with Crippen LogP contribution < -0.4 is 5.32 Å². The van der Waals surface area contributed by atoms with E-state index in [9.17, 15) is 0 Å². The Morgan fingerprint density at radius 1 is 1.62 bits per heavy atom. The predicted molar refractivity (Wildman–Crippen MR) is 69.1 cm³/mol. The minimum Gasteiger partial charge on any atom is -0.378 e. The zero-order valence-corrected chi connectivity index (χ0v) is 10.8. The van der Waals surface area contributed by atoms with Crippen LogP contribution in [-0.2, 0) is 11.2 Å². The van der Waals surface area contributed by atoms with Gasteiger partial charge in [-0.3, -0.25) is 0 Å². The molecule has 1 aliphatic rings. The lowest BCUT2D eigenvalue weighted by atomic mass is 10.1. The van der Waals surface area contributed by atoms with Crippen molar-refractivity contribution in [2.24, 2.45) is 0 Å². The number of ether oxygens (including phenoxy) is 1. The van der Waals surface area contributed by atoms with Crippen LogP contribution in [0.25, 0.3) is 0 Å². The van der Waals surface area contributed by atoms with E-state index in [-0.39, 0.29) is 0 Å². The average molecular weight is 239 g/mol. The predicted octanol–water partition coefficient (Wildman–Crippen LogP) is 2.84. The van der Waals surface area contributed by atoms with Crippen molar-refractivity contribution in [2.75, 3.05) is 13.2 Å². The molecule has 3 heteroatoms. The van der Waals surface area contributed by atoms with Crippen LogP contribution >= 0.6 is 11.3 Å². The second kappa shape index (κ2) is 6.38. The smallest absolute Gasteiger partial charge is 0.0588 e. The summed E-state index contributed by atoms with van der Waals surface area (Å²) in [4.78, 5) is 0. The third kappa shape index (κ3) is 3.89. The van der Waals surface area contributed by atoms with E-state index in [1.807, 2.05) is 0 Å². The molecule has 0 spiro atoms. The van der Waals surface area contributed by atoms with Gasteiger partial charge in [-0.15, -0.1) is 0 Å². The van der Waals surface area contributed by atoms with Gasteiger partial charge in [0.1, 0.15) is 0 Å². The molecule has 0 amide bonds. The maximum Gasteiger partial charge on any atom is 0.0588 e. The van der Waals surface area contributed by atoms with Crippen LogP contribution in [0, 0.1) is 0 Å². The van der Waals surface area contributed by atoms with Gasteiger partial charge in [-0.25, -0.2) is 0 Å². The molecule has 1 aromatic rings. The van der Waals surface area contributed by atoms with Gasteiger partial charge >= 0.3 is 0 Å². The maximum absolute atomic E-state index is 5.60. The normalized spacial score (nSPS) is 22.4. The Morgan fingerprint density at radius 2 is 2.56 bits per heavy atom. The van der Waals surface area contributed by atoms with Crippen molar-refractivity contribution in [1.29, 1.82) is 0 Å². The molecule has 1 saturated heterocycles. The van der Waals surface area contributed by atoms with E-state index in [0.717, 1.165) is 26.0 Å². The molecule has 2 unspecified atom stereocenters. The molecule has 1 N–H and O–H groups in total. The minimum atomic E-state index is 0.515. The third-order valence-corrected chi connectivity index (χ3v) is 3.84. The van der Waals surface area contributed by atoms with Crippen molar-refractivity contribution in [2.45, 2.75) is 44.8 Å². The highest BCUT2D eigenvalue weighted by Crippen LogP contribution is 2.14. The van der Waals surface area contributed by atoms with Gasteiger partial charge in [0.25, 0.3) is 0 Å². The Bertz CT molecular complexity index is 280. The van der Waals surface area contributed by atoms with E-state index in [2.05, 4.69) is 29.1 Å². The molecule has 2 rings (SSSR count). The molecule has 0 aromatic carbocycles. The molecule has 0 saturated carbocycles. The highest BCUT2D eigenvalue weighted by molar-refractivity contribution is 7.07. The molecule has 0 radical (unpaired) electrons. The van der Waals surface area contributed by atoms with E-state index in [0.29, 0.717) is 12.1 Å². The van der Waals surface area contributed by atoms with Gasteiger partial charge in [0.2, 0.25) is 0 Å². The fourth-order valence-corrected chi connectivity index (χ4v) is 2.88. The average Bonchev–Trinajstić information content (AvgIpc) is 2.90. The first-order valence-corrected chi connectivity index (χ1v) is 7.15. The van der Waals surface area contributed by atoms with E-state index < -0.39 is 0 Å². The van der Waals surface area contributed by atoms with Crippen LogP contribution in [0.3, 0.4) is 0 Å². The van der Waals surface area contributed by atoms with Crippen molar-refractivity contribution < 1.29 is 4.74 Å². The quantitative estimate of drug-likeness (QED) is 0.824. The first kappa shape index (κ1) is 12.1. The van der Waals surface area contributed by atoms with Gasteiger partial charge in [-0.1, -0.05) is 0 Å². The highest BCUT2D eigenvalue weighted by atomic mass is 32.1. The topological polar surface area (TPSA) is 21.3 Å². The number of hydrogen-bond acceptors (Lipinski definition) is 3. The molecule has 0 aliphatic carbocycles. The largest absolute Gasteiger partial charge is 0.378 e. The zero-order chi connectivity index (χ0) is 11.2. The monoisotopic (exact) mass is 239 g/mol. The lowest BCUT2D eigenvalue weighted by Gasteiger charge is -2.15. The molecular formula is C13H21NOS. The number of rotatable bonds is 6. The number of thiophene rings is 1. The number of nitrogens with one attached hydrogen (secondary N) is 1. The summed E-state index contributed by atoms with van der Waals surface area (Å²) in [7, 11) is 0. The van der Waals surface area contributed by atoms with Crippen LogP contribution in [0.2, 0.25) is 0 Å². The number of hydrogen-bond donors (Lipinski definition) is 1. The fraction of sp³-hybridized carbons (Fsp3) is 0.692. The Hall–Kier alpha value is -0.380. The molecule has 16 heavy (non-hydrogen) atoms. The summed E-state index contributed by atoms with van der Waals surface area (Å²) in [6.07, 6.45) is 5.31. The van der Waals surface area contributed by atoms with E-state index in [1.165, 1.54) is 18.4 Å². The van der Waals surface area contributed by atoms with Crippen molar-refractivity contribution >= 4 is 11.3 Å². The second-order valence-corrected chi connectivity index (χ2v) is 5.39. The first-order chi connectivity index (χ1) is 7.84. The Labute approximate surface area is 102 Å². The van der Waals surface area contributed by atoms with Gasteiger partial charge in [0, 0.05) is 12.6 Å². The lowest BCUT2D eigenvalue weighted by Crippen LogP contribution is -2.30. The molecular weight excluding hydrogens is 218 g/mol. The Balaban J connectivity index is 1.58. The van der Waals surface area contributed by atoms with Crippen molar-refractivity contribution in [1.82, 2.24) is 5.32 Å². The van der Waals surface area contributed by atoms with Crippen LogP contribution in [0.4, 0.5) is 0 Å². The fourth-order valence-electron chi connectivity index (χ4n) is 2.20. The highest BCUT2D eigenvalue weighted by Gasteiger charge is 2.14. The standard InChI is InChI=1S/C13H21NOS/c1-11(9-12-5-8-16-10-12)14-6-4-13-3-2-7-15-13/h5,8,10-11,13-14H,2-4,6-7,9H2,1H3. The van der Waals surface area contributed by atoms with Gasteiger partial charge in [0.15, 0.2) is 0 Å².